The molecule has 0 saturated carbocycles. The van der Waals surface area contributed by atoms with E-state index in [1.807, 2.05) is 0 Å². The Balaban J connectivity index is 1.81. The molecule has 2 atom stereocenters. The van der Waals surface area contributed by atoms with Crippen molar-refractivity contribution in [3.63, 3.8) is 0 Å². The molecule has 1 saturated heterocycles. The molecule has 3 rings (SSSR count). The second-order valence-electron chi connectivity index (χ2n) is 7.36. The minimum Gasteiger partial charge on any atom is -0.465 e. The van der Waals surface area contributed by atoms with Crippen molar-refractivity contribution in [1.82, 2.24) is 14.9 Å². The SMILES string of the molecule is CN(C(=O)C1CC(C)(O)CN1C(=O)O)c1cc(-c2ccc(OC(F)(F)F)cc2)ncn1. The number of aromatic nitrogens is 2. The van der Waals surface area contributed by atoms with E-state index in [0.717, 1.165) is 21.9 Å². The monoisotopic (exact) mass is 440 g/mol. The summed E-state index contributed by atoms with van der Waals surface area (Å²) >= 11 is 0. The Labute approximate surface area is 174 Å². The van der Waals surface area contributed by atoms with Crippen LogP contribution in [0.4, 0.5) is 23.8 Å². The number of alkyl halides is 3. The summed E-state index contributed by atoms with van der Waals surface area (Å²) in [4.78, 5) is 34.5. The van der Waals surface area contributed by atoms with Gasteiger partial charge in [-0.2, -0.15) is 0 Å². The Hall–Kier alpha value is -3.41. The molecule has 2 heterocycles. The summed E-state index contributed by atoms with van der Waals surface area (Å²) in [5.74, 6) is -0.818. The predicted octanol–water partition coefficient (Wildman–Crippen LogP) is 2.51. The minimum absolute atomic E-state index is 0.0684. The van der Waals surface area contributed by atoms with Crippen LogP contribution in [0.3, 0.4) is 0 Å². The van der Waals surface area contributed by atoms with E-state index in [1.54, 1.807) is 0 Å². The number of likely N-dealkylation sites (N-methyl/N-ethyl adjacent to an activating group) is 1. The zero-order valence-corrected chi connectivity index (χ0v) is 16.5. The molecule has 1 aliphatic rings. The van der Waals surface area contributed by atoms with Crippen LogP contribution in [-0.2, 0) is 4.79 Å². The first-order chi connectivity index (χ1) is 14.4. The number of nitrogens with zero attached hydrogens (tertiary/aromatic N) is 4. The largest absolute Gasteiger partial charge is 0.573 e. The lowest BCUT2D eigenvalue weighted by Gasteiger charge is -2.25. The van der Waals surface area contributed by atoms with Crippen LogP contribution in [0, 0.1) is 0 Å². The van der Waals surface area contributed by atoms with Crippen molar-refractivity contribution >= 4 is 17.8 Å². The van der Waals surface area contributed by atoms with Gasteiger partial charge in [-0.1, -0.05) is 0 Å². The minimum atomic E-state index is -4.80. The number of benzene rings is 1. The molecule has 12 heteroatoms. The van der Waals surface area contributed by atoms with Gasteiger partial charge in [0.05, 0.1) is 17.8 Å². The molecule has 1 aromatic heterocycles. The fourth-order valence-electron chi connectivity index (χ4n) is 3.34. The third-order valence-electron chi connectivity index (χ3n) is 4.76. The Morgan fingerprint density at radius 1 is 1.26 bits per heavy atom. The highest BCUT2D eigenvalue weighted by Gasteiger charge is 2.46. The van der Waals surface area contributed by atoms with Crippen LogP contribution in [0.1, 0.15) is 13.3 Å². The second-order valence-corrected chi connectivity index (χ2v) is 7.36. The number of hydrogen-bond acceptors (Lipinski definition) is 6. The number of carbonyl (C=O) groups is 2. The van der Waals surface area contributed by atoms with E-state index in [9.17, 15) is 33.0 Å². The molecule has 0 radical (unpaired) electrons. The highest BCUT2D eigenvalue weighted by Crippen LogP contribution is 2.30. The molecular weight excluding hydrogens is 421 g/mol. The van der Waals surface area contributed by atoms with Crippen molar-refractivity contribution in [2.24, 2.45) is 0 Å². The summed E-state index contributed by atoms with van der Waals surface area (Å²) in [6.45, 7) is 1.25. The maximum absolute atomic E-state index is 12.9. The molecule has 2 aromatic rings. The fourth-order valence-corrected chi connectivity index (χ4v) is 3.34. The van der Waals surface area contributed by atoms with Crippen LogP contribution in [-0.4, -0.2) is 68.7 Å². The van der Waals surface area contributed by atoms with Crippen LogP contribution in [0.25, 0.3) is 11.3 Å². The normalized spacial score (nSPS) is 21.1. The van der Waals surface area contributed by atoms with Crippen LogP contribution < -0.4 is 9.64 Å². The van der Waals surface area contributed by atoms with Crippen LogP contribution >= 0.6 is 0 Å². The van der Waals surface area contributed by atoms with Crippen LogP contribution in [0.5, 0.6) is 5.75 Å². The molecule has 9 nitrogen and oxygen atoms in total. The number of anilines is 1. The maximum atomic E-state index is 12.9. The number of carboxylic acid groups (broad SMARTS) is 1. The number of likely N-dealkylation sites (tertiary alicyclic amines) is 1. The van der Waals surface area contributed by atoms with Gasteiger partial charge >= 0.3 is 12.5 Å². The molecule has 2 amide bonds. The molecule has 0 bridgehead atoms. The molecule has 166 valence electrons. The van der Waals surface area contributed by atoms with E-state index in [2.05, 4.69) is 14.7 Å². The van der Waals surface area contributed by atoms with Gasteiger partial charge in [-0.05, 0) is 31.2 Å². The van der Waals surface area contributed by atoms with Gasteiger partial charge in [0.1, 0.15) is 23.9 Å². The van der Waals surface area contributed by atoms with E-state index in [-0.39, 0.29) is 24.5 Å². The Morgan fingerprint density at radius 3 is 2.48 bits per heavy atom. The number of halogens is 3. The van der Waals surface area contributed by atoms with Gasteiger partial charge in [0.15, 0.2) is 0 Å². The van der Waals surface area contributed by atoms with Crippen LogP contribution in [0.2, 0.25) is 0 Å². The zero-order valence-electron chi connectivity index (χ0n) is 16.5. The highest BCUT2D eigenvalue weighted by atomic mass is 19.4. The number of ether oxygens (including phenoxy) is 1. The van der Waals surface area contributed by atoms with E-state index >= 15 is 0 Å². The molecule has 0 aliphatic carbocycles. The van der Waals surface area contributed by atoms with E-state index < -0.39 is 30.0 Å². The lowest BCUT2D eigenvalue weighted by atomic mass is 10.0. The Kier molecular flexibility index (Phi) is 5.77. The quantitative estimate of drug-likeness (QED) is 0.751. The van der Waals surface area contributed by atoms with Gasteiger partial charge in [0.2, 0.25) is 0 Å². The first-order valence-corrected chi connectivity index (χ1v) is 9.04. The molecule has 1 aliphatic heterocycles. The summed E-state index contributed by atoms with van der Waals surface area (Å²) in [6, 6.07) is 5.35. The lowest BCUT2D eigenvalue weighted by Crippen LogP contribution is -2.46. The zero-order chi connectivity index (χ0) is 23.0. The average molecular weight is 440 g/mol. The smallest absolute Gasteiger partial charge is 0.465 e. The molecule has 2 N–H and O–H groups in total. The van der Waals surface area contributed by atoms with Crippen molar-refractivity contribution in [3.05, 3.63) is 36.7 Å². The molecule has 1 aromatic carbocycles. The van der Waals surface area contributed by atoms with Gasteiger partial charge in [-0.3, -0.25) is 14.6 Å². The summed E-state index contributed by atoms with van der Waals surface area (Å²) in [5.41, 5.74) is -0.553. The third-order valence-corrected chi connectivity index (χ3v) is 4.76. The summed E-state index contributed by atoms with van der Waals surface area (Å²) in [6.07, 6.45) is -5.02. The predicted molar refractivity (Wildman–Crippen MR) is 101 cm³/mol. The second kappa shape index (κ2) is 8.02. The summed E-state index contributed by atoms with van der Waals surface area (Å²) in [5, 5.41) is 19.5. The van der Waals surface area contributed by atoms with Crippen molar-refractivity contribution in [1.29, 1.82) is 0 Å². The van der Waals surface area contributed by atoms with Crippen molar-refractivity contribution in [2.75, 3.05) is 18.5 Å². The fraction of sp³-hybridized carbons (Fsp3) is 0.368. The van der Waals surface area contributed by atoms with E-state index in [1.165, 1.54) is 38.5 Å². The topological polar surface area (TPSA) is 116 Å². The third kappa shape index (κ3) is 5.20. The number of aliphatic hydroxyl groups is 1. The first kappa shape index (κ1) is 22.3. The lowest BCUT2D eigenvalue weighted by molar-refractivity contribution is -0.274. The standard InChI is InChI=1S/C19H19F3N4O5/c1-18(30)8-14(26(9-18)17(28)29)16(27)25(2)15-7-13(23-10-24-15)11-3-5-12(6-4-11)31-19(20,21)22/h3-7,10,14,30H,8-9H2,1-2H3,(H,28,29). The summed E-state index contributed by atoms with van der Waals surface area (Å²) < 4.78 is 40.7. The van der Waals surface area contributed by atoms with Crippen molar-refractivity contribution in [2.45, 2.75) is 31.3 Å². The van der Waals surface area contributed by atoms with Gasteiger partial charge in [0, 0.05) is 25.1 Å². The molecule has 2 unspecified atom stereocenters. The number of amides is 2. The summed E-state index contributed by atoms with van der Waals surface area (Å²) in [7, 11) is 1.40. The van der Waals surface area contributed by atoms with Crippen molar-refractivity contribution < 1.29 is 37.7 Å². The number of carbonyl (C=O) groups excluding carboxylic acids is 1. The molecular formula is C19H19F3N4O5. The molecule has 1 fully saturated rings. The van der Waals surface area contributed by atoms with Crippen LogP contribution in [0.15, 0.2) is 36.7 Å². The van der Waals surface area contributed by atoms with Gasteiger partial charge < -0.3 is 14.9 Å². The highest BCUT2D eigenvalue weighted by molar-refractivity contribution is 5.98. The number of rotatable bonds is 4. The molecule has 31 heavy (non-hydrogen) atoms. The van der Waals surface area contributed by atoms with Gasteiger partial charge in [0.25, 0.3) is 5.91 Å². The number of hydrogen-bond donors (Lipinski definition) is 2. The van der Waals surface area contributed by atoms with Gasteiger partial charge in [-0.25, -0.2) is 14.8 Å². The Morgan fingerprint density at radius 2 is 1.90 bits per heavy atom. The maximum Gasteiger partial charge on any atom is 0.573 e. The molecule has 0 spiro atoms. The van der Waals surface area contributed by atoms with E-state index in [4.69, 9.17) is 0 Å². The van der Waals surface area contributed by atoms with Crippen molar-refractivity contribution in [3.8, 4) is 17.0 Å². The Bertz CT molecular complexity index is 981. The number of β-amino-alcohol motifs (C(OH)–C–C–N with tert-alkyl or cyclic N) is 1. The van der Waals surface area contributed by atoms with E-state index in [0.29, 0.717) is 11.3 Å². The average Bonchev–Trinajstić information content (AvgIpc) is 3.02. The van der Waals surface area contributed by atoms with Gasteiger partial charge in [-0.15, -0.1) is 13.2 Å². The first-order valence-electron chi connectivity index (χ1n) is 9.04.